The van der Waals surface area contributed by atoms with Crippen LogP contribution in [0.1, 0.15) is 51.1 Å². The minimum Gasteiger partial charge on any atom is -0.353 e. The van der Waals surface area contributed by atoms with Gasteiger partial charge in [-0.1, -0.05) is 0 Å². The van der Waals surface area contributed by atoms with E-state index in [2.05, 4.69) is 34.1 Å². The molecule has 138 valence electrons. The fourth-order valence-corrected chi connectivity index (χ4v) is 7.76. The molecule has 0 aliphatic heterocycles. The number of rotatable bonds is 5. The molecule has 3 nitrogen and oxygen atoms in total. The van der Waals surface area contributed by atoms with Crippen LogP contribution in [0.4, 0.5) is 0 Å². The maximum absolute atomic E-state index is 12.7. The Balaban J connectivity index is 1.23. The van der Waals surface area contributed by atoms with Crippen LogP contribution in [0.2, 0.25) is 0 Å². The Bertz CT molecular complexity index is 760. The van der Waals surface area contributed by atoms with Gasteiger partial charge in [0.25, 0.3) is 0 Å². The number of carbonyl (C=O) groups excluding carboxylic acids is 1. The smallest absolute Gasteiger partial charge is 0.226 e. The standard InChI is InChI=1S/C21H26N2OS2/c1-13(21-8-14-4-15(9-21)6-16(5-14)10-21)22-19(24)7-18-12-26-20(23-18)17-2-3-25-11-17/h2-3,11-16H,4-10H2,1H3,(H,22,24)/t13-,14?,15?,16?,21?/m1/s1. The van der Waals surface area contributed by atoms with Gasteiger partial charge in [0, 0.05) is 22.4 Å². The molecule has 4 aliphatic rings. The van der Waals surface area contributed by atoms with Crippen molar-refractivity contribution in [1.29, 1.82) is 0 Å². The van der Waals surface area contributed by atoms with Crippen molar-refractivity contribution >= 4 is 28.6 Å². The SMILES string of the molecule is C[C@@H](NC(=O)Cc1csc(-c2ccsc2)n1)C12CC3CC(CC(C3)C1)C2. The Morgan fingerprint density at radius 1 is 1.23 bits per heavy atom. The Morgan fingerprint density at radius 2 is 1.92 bits per heavy atom. The van der Waals surface area contributed by atoms with Crippen molar-refractivity contribution < 1.29 is 4.79 Å². The molecule has 4 aliphatic carbocycles. The summed E-state index contributed by atoms with van der Waals surface area (Å²) < 4.78 is 0. The third kappa shape index (κ3) is 3.03. The van der Waals surface area contributed by atoms with E-state index >= 15 is 0 Å². The zero-order valence-electron chi connectivity index (χ0n) is 15.2. The molecule has 1 amide bonds. The monoisotopic (exact) mass is 386 g/mol. The van der Waals surface area contributed by atoms with Crippen LogP contribution in [0.5, 0.6) is 0 Å². The molecule has 0 spiro atoms. The first-order valence-electron chi connectivity index (χ1n) is 9.86. The Hall–Kier alpha value is -1.20. The second-order valence-electron chi connectivity index (χ2n) is 8.90. The molecule has 6 rings (SSSR count). The van der Waals surface area contributed by atoms with Gasteiger partial charge in [0.15, 0.2) is 0 Å². The van der Waals surface area contributed by atoms with Crippen molar-refractivity contribution in [1.82, 2.24) is 10.3 Å². The van der Waals surface area contributed by atoms with E-state index in [9.17, 15) is 4.79 Å². The van der Waals surface area contributed by atoms with E-state index in [-0.39, 0.29) is 5.91 Å². The zero-order valence-corrected chi connectivity index (χ0v) is 16.9. The molecule has 5 heteroatoms. The lowest BCUT2D eigenvalue weighted by molar-refractivity contribution is -0.125. The van der Waals surface area contributed by atoms with Gasteiger partial charge in [-0.15, -0.1) is 11.3 Å². The molecule has 0 radical (unpaired) electrons. The average molecular weight is 387 g/mol. The summed E-state index contributed by atoms with van der Waals surface area (Å²) in [5.74, 6) is 2.90. The maximum atomic E-state index is 12.7. The first-order chi connectivity index (χ1) is 12.6. The Morgan fingerprint density at radius 3 is 2.54 bits per heavy atom. The molecule has 4 saturated carbocycles. The van der Waals surface area contributed by atoms with Gasteiger partial charge in [-0.25, -0.2) is 4.98 Å². The van der Waals surface area contributed by atoms with Gasteiger partial charge in [-0.05, 0) is 80.1 Å². The number of hydrogen-bond donors (Lipinski definition) is 1. The van der Waals surface area contributed by atoms with E-state index < -0.39 is 0 Å². The summed E-state index contributed by atoms with van der Waals surface area (Å²) in [6, 6.07) is 2.38. The lowest BCUT2D eigenvalue weighted by Gasteiger charge is -2.59. The fraction of sp³-hybridized carbons (Fsp3) is 0.619. The van der Waals surface area contributed by atoms with Gasteiger partial charge in [-0.3, -0.25) is 4.79 Å². The van der Waals surface area contributed by atoms with Crippen molar-refractivity contribution in [3.63, 3.8) is 0 Å². The van der Waals surface area contributed by atoms with E-state index in [0.29, 0.717) is 17.9 Å². The van der Waals surface area contributed by atoms with Crippen LogP contribution in [0.3, 0.4) is 0 Å². The quantitative estimate of drug-likeness (QED) is 0.773. The molecule has 4 fully saturated rings. The Kier molecular flexibility index (Phi) is 4.20. The molecule has 26 heavy (non-hydrogen) atoms. The highest BCUT2D eigenvalue weighted by Crippen LogP contribution is 2.61. The third-order valence-corrected chi connectivity index (χ3v) is 8.67. The average Bonchev–Trinajstić information content (AvgIpc) is 3.24. The topological polar surface area (TPSA) is 42.0 Å². The van der Waals surface area contributed by atoms with Gasteiger partial charge >= 0.3 is 0 Å². The lowest BCUT2D eigenvalue weighted by atomic mass is 9.48. The Labute approximate surface area is 163 Å². The summed E-state index contributed by atoms with van der Waals surface area (Å²) in [5, 5.41) is 10.6. The predicted molar refractivity (Wildman–Crippen MR) is 107 cm³/mol. The number of amides is 1. The number of carbonyl (C=O) groups is 1. The zero-order chi connectivity index (χ0) is 17.7. The summed E-state index contributed by atoms with van der Waals surface area (Å²) in [6.07, 6.45) is 8.74. The number of nitrogens with zero attached hydrogens (tertiary/aromatic N) is 1. The molecule has 2 aromatic rings. The van der Waals surface area contributed by atoms with Crippen LogP contribution in [0.15, 0.2) is 22.2 Å². The minimum absolute atomic E-state index is 0.135. The van der Waals surface area contributed by atoms with E-state index in [0.717, 1.165) is 34.0 Å². The predicted octanol–water partition coefficient (Wildman–Crippen LogP) is 5.14. The fourth-order valence-electron chi connectivity index (χ4n) is 6.22. The van der Waals surface area contributed by atoms with Gasteiger partial charge < -0.3 is 5.32 Å². The van der Waals surface area contributed by atoms with Crippen molar-refractivity contribution in [2.75, 3.05) is 0 Å². The number of aromatic nitrogens is 1. The normalized spacial score (nSPS) is 33.3. The lowest BCUT2D eigenvalue weighted by Crippen LogP contribution is -2.56. The van der Waals surface area contributed by atoms with Crippen molar-refractivity contribution in [2.24, 2.45) is 23.2 Å². The summed E-state index contributed by atoms with van der Waals surface area (Å²) in [6.45, 7) is 2.25. The van der Waals surface area contributed by atoms with Gasteiger partial charge in [-0.2, -0.15) is 11.3 Å². The number of thiophene rings is 1. The molecule has 0 unspecified atom stereocenters. The second-order valence-corrected chi connectivity index (χ2v) is 10.5. The highest BCUT2D eigenvalue weighted by Gasteiger charge is 2.53. The molecular formula is C21H26N2OS2. The van der Waals surface area contributed by atoms with Gasteiger partial charge in [0.1, 0.15) is 5.01 Å². The molecule has 0 aromatic carbocycles. The van der Waals surface area contributed by atoms with Crippen molar-refractivity contribution in [2.45, 2.75) is 57.9 Å². The van der Waals surface area contributed by atoms with Crippen LogP contribution in [0.25, 0.3) is 10.6 Å². The molecule has 2 heterocycles. The molecule has 1 N–H and O–H groups in total. The van der Waals surface area contributed by atoms with E-state index in [1.54, 1.807) is 22.7 Å². The molecule has 4 bridgehead atoms. The molecule has 2 aromatic heterocycles. The van der Waals surface area contributed by atoms with Crippen molar-refractivity contribution in [3.05, 3.63) is 27.9 Å². The first kappa shape index (κ1) is 16.9. The van der Waals surface area contributed by atoms with Crippen LogP contribution in [0, 0.1) is 23.2 Å². The second kappa shape index (κ2) is 6.45. The summed E-state index contributed by atoms with van der Waals surface area (Å²) in [5.41, 5.74) is 2.42. The van der Waals surface area contributed by atoms with Crippen LogP contribution in [-0.4, -0.2) is 16.9 Å². The van der Waals surface area contributed by atoms with Gasteiger partial charge in [0.2, 0.25) is 5.91 Å². The summed E-state index contributed by atoms with van der Waals surface area (Å²) in [4.78, 5) is 17.3. The molecule has 1 atom stereocenters. The van der Waals surface area contributed by atoms with E-state index in [1.807, 2.05) is 5.38 Å². The van der Waals surface area contributed by atoms with E-state index in [1.165, 1.54) is 38.5 Å². The van der Waals surface area contributed by atoms with Crippen LogP contribution < -0.4 is 5.32 Å². The maximum Gasteiger partial charge on any atom is 0.226 e. The number of thiazole rings is 1. The highest BCUT2D eigenvalue weighted by atomic mass is 32.1. The molecule has 0 saturated heterocycles. The van der Waals surface area contributed by atoms with Crippen molar-refractivity contribution in [3.8, 4) is 10.6 Å². The van der Waals surface area contributed by atoms with Crippen LogP contribution >= 0.6 is 22.7 Å². The molecular weight excluding hydrogens is 360 g/mol. The largest absolute Gasteiger partial charge is 0.353 e. The van der Waals surface area contributed by atoms with Crippen LogP contribution in [-0.2, 0) is 11.2 Å². The minimum atomic E-state index is 0.135. The number of hydrogen-bond acceptors (Lipinski definition) is 4. The van der Waals surface area contributed by atoms with Gasteiger partial charge in [0.05, 0.1) is 12.1 Å². The third-order valence-electron chi connectivity index (χ3n) is 7.04. The first-order valence-corrected chi connectivity index (χ1v) is 11.7. The highest BCUT2D eigenvalue weighted by molar-refractivity contribution is 7.14. The number of nitrogens with one attached hydrogen (secondary N) is 1. The summed E-state index contributed by atoms with van der Waals surface area (Å²) in [7, 11) is 0. The van der Waals surface area contributed by atoms with E-state index in [4.69, 9.17) is 0 Å². The summed E-state index contributed by atoms with van der Waals surface area (Å²) >= 11 is 3.31.